The second-order valence-electron chi connectivity index (χ2n) is 5.49. The SMILES string of the molecule is O=C(O)C(=Cc1ccc(-c2cccc(Cl)c2Cl)o1)NC(=O)c1ccccc1. The molecule has 27 heavy (non-hydrogen) atoms. The molecule has 0 unspecified atom stereocenters. The van der Waals surface area contributed by atoms with Crippen LogP contribution in [0.15, 0.2) is 70.8 Å². The summed E-state index contributed by atoms with van der Waals surface area (Å²) in [5, 5.41) is 12.4. The van der Waals surface area contributed by atoms with E-state index in [4.69, 9.17) is 27.6 Å². The number of carbonyl (C=O) groups excluding carboxylic acids is 1. The van der Waals surface area contributed by atoms with Gasteiger partial charge in [-0.3, -0.25) is 4.79 Å². The fraction of sp³-hybridized carbons (Fsp3) is 0. The lowest BCUT2D eigenvalue weighted by Gasteiger charge is -2.05. The van der Waals surface area contributed by atoms with Crippen molar-refractivity contribution >= 4 is 41.2 Å². The van der Waals surface area contributed by atoms with E-state index in [1.807, 2.05) is 0 Å². The van der Waals surface area contributed by atoms with Gasteiger partial charge in [0.25, 0.3) is 5.91 Å². The van der Waals surface area contributed by atoms with Gasteiger partial charge in [-0.25, -0.2) is 4.79 Å². The van der Waals surface area contributed by atoms with Gasteiger partial charge in [-0.2, -0.15) is 0 Å². The number of amides is 1. The summed E-state index contributed by atoms with van der Waals surface area (Å²) >= 11 is 12.2. The number of halogens is 2. The van der Waals surface area contributed by atoms with E-state index in [0.717, 1.165) is 0 Å². The lowest BCUT2D eigenvalue weighted by molar-refractivity contribution is -0.132. The zero-order valence-corrected chi connectivity index (χ0v) is 15.3. The van der Waals surface area contributed by atoms with E-state index >= 15 is 0 Å². The molecule has 0 bridgehead atoms. The van der Waals surface area contributed by atoms with Crippen molar-refractivity contribution in [2.24, 2.45) is 0 Å². The highest BCUT2D eigenvalue weighted by Gasteiger charge is 2.15. The summed E-state index contributed by atoms with van der Waals surface area (Å²) in [6.07, 6.45) is 1.23. The first-order valence-electron chi connectivity index (χ1n) is 7.81. The van der Waals surface area contributed by atoms with Crippen LogP contribution in [-0.4, -0.2) is 17.0 Å². The van der Waals surface area contributed by atoms with Crippen molar-refractivity contribution in [3.8, 4) is 11.3 Å². The third-order valence-electron chi connectivity index (χ3n) is 3.65. The maximum atomic E-state index is 12.2. The minimum atomic E-state index is -1.29. The molecule has 0 spiro atoms. The van der Waals surface area contributed by atoms with Crippen LogP contribution < -0.4 is 5.32 Å². The minimum Gasteiger partial charge on any atom is -0.477 e. The van der Waals surface area contributed by atoms with Crippen molar-refractivity contribution in [1.82, 2.24) is 5.32 Å². The van der Waals surface area contributed by atoms with E-state index in [1.54, 1.807) is 60.7 Å². The van der Waals surface area contributed by atoms with E-state index in [0.29, 0.717) is 26.9 Å². The number of rotatable bonds is 5. The standard InChI is InChI=1S/C20H13Cl2NO4/c21-15-8-4-7-14(18(15)22)17-10-9-13(27-17)11-16(20(25)26)23-19(24)12-5-2-1-3-6-12/h1-11H,(H,23,24)(H,25,26). The van der Waals surface area contributed by atoms with Crippen molar-refractivity contribution in [3.05, 3.63) is 87.7 Å². The number of nitrogens with one attached hydrogen (secondary N) is 1. The smallest absolute Gasteiger partial charge is 0.352 e. The zero-order chi connectivity index (χ0) is 19.4. The predicted octanol–water partition coefficient (Wildman–Crippen LogP) is 5.11. The van der Waals surface area contributed by atoms with Crippen LogP contribution in [0, 0.1) is 0 Å². The third kappa shape index (κ3) is 4.39. The molecular weight excluding hydrogens is 389 g/mol. The van der Waals surface area contributed by atoms with Crippen LogP contribution in [0.4, 0.5) is 0 Å². The van der Waals surface area contributed by atoms with Crippen molar-refractivity contribution in [2.75, 3.05) is 0 Å². The topological polar surface area (TPSA) is 79.5 Å². The number of hydrogen-bond donors (Lipinski definition) is 2. The van der Waals surface area contributed by atoms with Gasteiger partial charge >= 0.3 is 5.97 Å². The maximum Gasteiger partial charge on any atom is 0.352 e. The van der Waals surface area contributed by atoms with Crippen molar-refractivity contribution in [1.29, 1.82) is 0 Å². The second kappa shape index (κ2) is 8.12. The lowest BCUT2D eigenvalue weighted by atomic mass is 10.2. The Balaban J connectivity index is 1.87. The highest BCUT2D eigenvalue weighted by Crippen LogP contribution is 2.34. The molecule has 1 aromatic heterocycles. The lowest BCUT2D eigenvalue weighted by Crippen LogP contribution is -2.27. The first kappa shape index (κ1) is 18.8. The number of carbonyl (C=O) groups is 2. The Bertz CT molecular complexity index is 1030. The van der Waals surface area contributed by atoms with Crippen molar-refractivity contribution in [3.63, 3.8) is 0 Å². The second-order valence-corrected chi connectivity index (χ2v) is 6.27. The normalized spacial score (nSPS) is 11.3. The van der Waals surface area contributed by atoms with Crippen LogP contribution in [-0.2, 0) is 4.79 Å². The van der Waals surface area contributed by atoms with Crippen LogP contribution in [0.5, 0.6) is 0 Å². The molecule has 7 heteroatoms. The maximum absolute atomic E-state index is 12.2. The molecule has 0 aliphatic carbocycles. The molecule has 0 aliphatic rings. The van der Waals surface area contributed by atoms with Gasteiger partial charge in [0.2, 0.25) is 0 Å². The molecule has 0 aliphatic heterocycles. The largest absolute Gasteiger partial charge is 0.477 e. The molecule has 5 nitrogen and oxygen atoms in total. The number of benzene rings is 2. The quantitative estimate of drug-likeness (QED) is 0.582. The molecule has 3 rings (SSSR count). The fourth-order valence-electron chi connectivity index (χ4n) is 2.35. The van der Waals surface area contributed by atoms with Crippen LogP contribution >= 0.6 is 23.2 Å². The van der Waals surface area contributed by atoms with Gasteiger partial charge in [-0.15, -0.1) is 0 Å². The Kier molecular flexibility index (Phi) is 5.64. The van der Waals surface area contributed by atoms with Crippen LogP contribution in [0.1, 0.15) is 16.1 Å². The van der Waals surface area contributed by atoms with Gasteiger partial charge in [0.05, 0.1) is 10.0 Å². The van der Waals surface area contributed by atoms with Crippen LogP contribution in [0.25, 0.3) is 17.4 Å². The summed E-state index contributed by atoms with van der Waals surface area (Å²) < 4.78 is 5.64. The molecule has 136 valence electrons. The van der Waals surface area contributed by atoms with Crippen molar-refractivity contribution in [2.45, 2.75) is 0 Å². The van der Waals surface area contributed by atoms with Gasteiger partial charge in [-0.05, 0) is 36.4 Å². The van der Waals surface area contributed by atoms with E-state index in [2.05, 4.69) is 5.32 Å². The molecule has 1 heterocycles. The summed E-state index contributed by atoms with van der Waals surface area (Å²) in [6, 6.07) is 16.6. The average Bonchev–Trinajstić information content (AvgIpc) is 3.12. The molecule has 0 saturated heterocycles. The summed E-state index contributed by atoms with van der Waals surface area (Å²) in [5.41, 5.74) is 0.603. The molecule has 1 amide bonds. The summed E-state index contributed by atoms with van der Waals surface area (Å²) in [6.45, 7) is 0. The van der Waals surface area contributed by atoms with Gasteiger partial charge in [0.15, 0.2) is 0 Å². The van der Waals surface area contributed by atoms with E-state index < -0.39 is 11.9 Å². The number of hydrogen-bond acceptors (Lipinski definition) is 3. The number of carboxylic acids is 1. The van der Waals surface area contributed by atoms with Crippen LogP contribution in [0.3, 0.4) is 0 Å². The Morgan fingerprint density at radius 2 is 1.70 bits per heavy atom. The van der Waals surface area contributed by atoms with E-state index in [9.17, 15) is 14.7 Å². The zero-order valence-electron chi connectivity index (χ0n) is 13.8. The van der Waals surface area contributed by atoms with E-state index in [1.165, 1.54) is 6.08 Å². The first-order valence-corrected chi connectivity index (χ1v) is 8.57. The summed E-state index contributed by atoms with van der Waals surface area (Å²) in [4.78, 5) is 23.7. The fourth-order valence-corrected chi connectivity index (χ4v) is 2.74. The molecule has 0 saturated carbocycles. The highest BCUT2D eigenvalue weighted by molar-refractivity contribution is 6.43. The molecule has 3 aromatic rings. The van der Waals surface area contributed by atoms with Gasteiger partial charge in [0.1, 0.15) is 17.2 Å². The molecule has 2 N–H and O–H groups in total. The molecule has 0 atom stereocenters. The Hall–Kier alpha value is -3.02. The van der Waals surface area contributed by atoms with Gasteiger partial charge in [-0.1, -0.05) is 47.5 Å². The monoisotopic (exact) mass is 401 g/mol. The summed E-state index contributed by atoms with van der Waals surface area (Å²) in [5.74, 6) is -1.16. The molecule has 0 fully saturated rings. The number of aliphatic carboxylic acids is 1. The number of carboxylic acid groups (broad SMARTS) is 1. The third-order valence-corrected chi connectivity index (χ3v) is 4.46. The van der Waals surface area contributed by atoms with Gasteiger partial charge < -0.3 is 14.8 Å². The minimum absolute atomic E-state index is 0.242. The molecular formula is C20H13Cl2NO4. The Morgan fingerprint density at radius 1 is 0.963 bits per heavy atom. The highest BCUT2D eigenvalue weighted by atomic mass is 35.5. The summed E-state index contributed by atoms with van der Waals surface area (Å²) in [7, 11) is 0. The molecule has 0 radical (unpaired) electrons. The number of furan rings is 1. The Labute approximate surface area is 164 Å². The van der Waals surface area contributed by atoms with Crippen molar-refractivity contribution < 1.29 is 19.1 Å². The van der Waals surface area contributed by atoms with E-state index in [-0.39, 0.29) is 11.5 Å². The predicted molar refractivity (Wildman–Crippen MR) is 104 cm³/mol. The van der Waals surface area contributed by atoms with Gasteiger partial charge in [0, 0.05) is 17.2 Å². The van der Waals surface area contributed by atoms with Crippen LogP contribution in [0.2, 0.25) is 10.0 Å². The Morgan fingerprint density at radius 3 is 2.41 bits per heavy atom. The first-order chi connectivity index (χ1) is 13.0. The molecule has 2 aromatic carbocycles. The average molecular weight is 402 g/mol.